The van der Waals surface area contributed by atoms with Crippen LogP contribution in [0.25, 0.3) is 6.08 Å². The van der Waals surface area contributed by atoms with E-state index < -0.39 is 0 Å². The topological polar surface area (TPSA) is 41.6 Å². The summed E-state index contributed by atoms with van der Waals surface area (Å²) < 4.78 is 5.24. The second kappa shape index (κ2) is 7.78. The highest BCUT2D eigenvalue weighted by molar-refractivity contribution is 7.80. The number of piperidine rings is 1. The van der Waals surface area contributed by atoms with E-state index in [2.05, 4.69) is 5.32 Å². The number of thiocarbonyl (C=S) groups is 1. The maximum Gasteiger partial charge on any atom is 0.250 e. The van der Waals surface area contributed by atoms with Crippen molar-refractivity contribution >= 4 is 29.3 Å². The molecule has 1 saturated heterocycles. The molecule has 1 aromatic rings. The van der Waals surface area contributed by atoms with Crippen LogP contribution in [0.15, 0.2) is 30.3 Å². The van der Waals surface area contributed by atoms with Crippen molar-refractivity contribution in [3.8, 4) is 5.75 Å². The van der Waals surface area contributed by atoms with E-state index in [1.807, 2.05) is 29.2 Å². The highest BCUT2D eigenvalue weighted by atomic mass is 32.1. The Balaban J connectivity index is 1.91. The van der Waals surface area contributed by atoms with E-state index in [0.717, 1.165) is 37.2 Å². The summed E-state index contributed by atoms with van der Waals surface area (Å²) in [5.41, 5.74) is 0.860. The normalized spacial score (nSPS) is 15.0. The Bertz CT molecular complexity index is 537. The summed E-state index contributed by atoms with van der Waals surface area (Å²) in [6.45, 7) is 1.85. The van der Waals surface area contributed by atoms with Crippen LogP contribution in [0.4, 0.5) is 0 Å². The van der Waals surface area contributed by atoms with Crippen LogP contribution in [-0.2, 0) is 4.79 Å². The number of hydrogen-bond donors (Lipinski definition) is 1. The minimum absolute atomic E-state index is 0.212. The SMILES string of the molecule is COc1ccccc1/C=C/C(=O)NC(=S)N1CCCCC1. The number of nitrogens with zero attached hydrogens (tertiary/aromatic N) is 1. The number of benzene rings is 1. The van der Waals surface area contributed by atoms with Crippen LogP contribution in [0.3, 0.4) is 0 Å². The van der Waals surface area contributed by atoms with E-state index >= 15 is 0 Å². The monoisotopic (exact) mass is 304 g/mol. The van der Waals surface area contributed by atoms with Crippen LogP contribution >= 0.6 is 12.2 Å². The fraction of sp³-hybridized carbons (Fsp3) is 0.375. The van der Waals surface area contributed by atoms with Gasteiger partial charge in [0.15, 0.2) is 5.11 Å². The molecule has 1 fully saturated rings. The van der Waals surface area contributed by atoms with Crippen molar-refractivity contribution in [1.29, 1.82) is 0 Å². The lowest BCUT2D eigenvalue weighted by Crippen LogP contribution is -2.44. The van der Waals surface area contributed by atoms with Crippen LogP contribution < -0.4 is 10.1 Å². The third-order valence-corrected chi connectivity index (χ3v) is 3.79. The van der Waals surface area contributed by atoms with E-state index in [4.69, 9.17) is 17.0 Å². The number of likely N-dealkylation sites (tertiary alicyclic amines) is 1. The molecule has 0 aromatic heterocycles. The molecule has 5 heteroatoms. The van der Waals surface area contributed by atoms with Crippen molar-refractivity contribution in [3.63, 3.8) is 0 Å². The number of methoxy groups -OCH3 is 1. The lowest BCUT2D eigenvalue weighted by atomic mass is 10.1. The van der Waals surface area contributed by atoms with Gasteiger partial charge in [0, 0.05) is 24.7 Å². The number of nitrogens with one attached hydrogen (secondary N) is 1. The average molecular weight is 304 g/mol. The maximum absolute atomic E-state index is 11.9. The zero-order chi connectivity index (χ0) is 15.1. The summed E-state index contributed by atoms with van der Waals surface area (Å²) in [5, 5.41) is 3.27. The van der Waals surface area contributed by atoms with Crippen molar-refractivity contribution in [2.75, 3.05) is 20.2 Å². The van der Waals surface area contributed by atoms with E-state index in [0.29, 0.717) is 5.11 Å². The second-order valence-electron chi connectivity index (χ2n) is 4.92. The standard InChI is InChI=1S/C16H20N2O2S/c1-20-14-8-4-3-7-13(14)9-10-15(19)17-16(21)18-11-5-2-6-12-18/h3-4,7-10H,2,5-6,11-12H2,1H3,(H,17,19,21)/b10-9+. The van der Waals surface area contributed by atoms with Crippen molar-refractivity contribution in [1.82, 2.24) is 10.2 Å². The fourth-order valence-corrected chi connectivity index (χ4v) is 2.58. The van der Waals surface area contributed by atoms with Crippen LogP contribution in [-0.4, -0.2) is 36.1 Å². The number of rotatable bonds is 3. The van der Waals surface area contributed by atoms with Gasteiger partial charge in [0.2, 0.25) is 5.91 Å². The summed E-state index contributed by atoms with van der Waals surface area (Å²) >= 11 is 5.27. The molecular formula is C16H20N2O2S. The third kappa shape index (κ3) is 4.56. The van der Waals surface area contributed by atoms with Crippen LogP contribution in [0, 0.1) is 0 Å². The molecule has 0 spiro atoms. The smallest absolute Gasteiger partial charge is 0.250 e. The third-order valence-electron chi connectivity index (χ3n) is 3.43. The largest absolute Gasteiger partial charge is 0.496 e. The molecule has 0 atom stereocenters. The fourth-order valence-electron chi connectivity index (χ4n) is 2.29. The van der Waals surface area contributed by atoms with Gasteiger partial charge in [-0.2, -0.15) is 0 Å². The van der Waals surface area contributed by atoms with Gasteiger partial charge in [0.05, 0.1) is 7.11 Å². The minimum Gasteiger partial charge on any atom is -0.496 e. The summed E-state index contributed by atoms with van der Waals surface area (Å²) in [4.78, 5) is 14.0. The van der Waals surface area contributed by atoms with Crippen LogP contribution in [0.1, 0.15) is 24.8 Å². The molecular weight excluding hydrogens is 284 g/mol. The summed E-state index contributed by atoms with van der Waals surface area (Å²) in [6.07, 6.45) is 6.71. The van der Waals surface area contributed by atoms with Crippen LogP contribution in [0.5, 0.6) is 5.75 Å². The molecule has 2 rings (SSSR count). The van der Waals surface area contributed by atoms with E-state index in [9.17, 15) is 4.79 Å². The second-order valence-corrected chi connectivity index (χ2v) is 5.30. The molecule has 4 nitrogen and oxygen atoms in total. The van der Waals surface area contributed by atoms with Gasteiger partial charge in [-0.25, -0.2) is 0 Å². The lowest BCUT2D eigenvalue weighted by Gasteiger charge is -2.28. The van der Waals surface area contributed by atoms with E-state index in [1.165, 1.54) is 12.5 Å². The number of amides is 1. The Kier molecular flexibility index (Phi) is 5.75. The summed E-state index contributed by atoms with van der Waals surface area (Å²) in [5.74, 6) is 0.525. The van der Waals surface area contributed by atoms with Gasteiger partial charge in [0.25, 0.3) is 0 Å². The number of ether oxygens (including phenoxy) is 1. The molecule has 0 unspecified atom stereocenters. The number of para-hydroxylation sites is 1. The highest BCUT2D eigenvalue weighted by Crippen LogP contribution is 2.18. The molecule has 0 saturated carbocycles. The van der Waals surface area contributed by atoms with Gasteiger partial charge in [-0.05, 0) is 43.6 Å². The van der Waals surface area contributed by atoms with Crippen LogP contribution in [0.2, 0.25) is 0 Å². The summed E-state index contributed by atoms with van der Waals surface area (Å²) in [6, 6.07) is 7.54. The quantitative estimate of drug-likeness (QED) is 0.688. The Morgan fingerprint density at radius 3 is 2.71 bits per heavy atom. The zero-order valence-corrected chi connectivity index (χ0v) is 13.0. The Morgan fingerprint density at radius 1 is 1.29 bits per heavy atom. The summed E-state index contributed by atoms with van der Waals surface area (Å²) in [7, 11) is 1.61. The van der Waals surface area contributed by atoms with Gasteiger partial charge in [-0.3, -0.25) is 10.1 Å². The van der Waals surface area contributed by atoms with Crippen molar-refractivity contribution in [2.45, 2.75) is 19.3 Å². The first-order valence-corrected chi connectivity index (χ1v) is 7.52. The van der Waals surface area contributed by atoms with Crippen molar-refractivity contribution < 1.29 is 9.53 Å². The van der Waals surface area contributed by atoms with E-state index in [1.54, 1.807) is 13.2 Å². The van der Waals surface area contributed by atoms with Crippen molar-refractivity contribution in [3.05, 3.63) is 35.9 Å². The molecule has 1 aliphatic rings. The maximum atomic E-state index is 11.9. The molecule has 0 aliphatic carbocycles. The Hall–Kier alpha value is -1.88. The lowest BCUT2D eigenvalue weighted by molar-refractivity contribution is -0.115. The van der Waals surface area contributed by atoms with Gasteiger partial charge in [-0.1, -0.05) is 18.2 Å². The molecule has 112 valence electrons. The molecule has 0 radical (unpaired) electrons. The molecule has 1 aromatic carbocycles. The molecule has 1 heterocycles. The minimum atomic E-state index is -0.212. The Morgan fingerprint density at radius 2 is 2.00 bits per heavy atom. The predicted molar refractivity (Wildman–Crippen MR) is 88.2 cm³/mol. The first kappa shape index (κ1) is 15.5. The Labute approximate surface area is 130 Å². The molecule has 0 bridgehead atoms. The predicted octanol–water partition coefficient (Wildman–Crippen LogP) is 2.60. The first-order valence-electron chi connectivity index (χ1n) is 7.11. The van der Waals surface area contributed by atoms with Crippen molar-refractivity contribution in [2.24, 2.45) is 0 Å². The first-order chi connectivity index (χ1) is 10.2. The van der Waals surface area contributed by atoms with Gasteiger partial charge in [0.1, 0.15) is 5.75 Å². The number of carbonyl (C=O) groups is 1. The number of hydrogen-bond acceptors (Lipinski definition) is 3. The molecule has 21 heavy (non-hydrogen) atoms. The number of carbonyl (C=O) groups excluding carboxylic acids is 1. The molecule has 1 aliphatic heterocycles. The highest BCUT2D eigenvalue weighted by Gasteiger charge is 2.14. The van der Waals surface area contributed by atoms with E-state index in [-0.39, 0.29) is 5.91 Å². The zero-order valence-electron chi connectivity index (χ0n) is 12.2. The van der Waals surface area contributed by atoms with Gasteiger partial charge < -0.3 is 9.64 Å². The average Bonchev–Trinajstić information content (AvgIpc) is 2.54. The molecule has 1 N–H and O–H groups in total. The molecule has 1 amide bonds. The van der Waals surface area contributed by atoms with Gasteiger partial charge >= 0.3 is 0 Å². The van der Waals surface area contributed by atoms with Gasteiger partial charge in [-0.15, -0.1) is 0 Å².